The van der Waals surface area contributed by atoms with E-state index in [1.54, 1.807) is 0 Å². The fourth-order valence-electron chi connectivity index (χ4n) is 5.50. The van der Waals surface area contributed by atoms with Gasteiger partial charge in [0.05, 0.1) is 12.7 Å². The molecule has 4 rings (SSSR count). The summed E-state index contributed by atoms with van der Waals surface area (Å²) in [6.45, 7) is 11.0. The van der Waals surface area contributed by atoms with Gasteiger partial charge in [-0.1, -0.05) is 6.42 Å². The predicted molar refractivity (Wildman–Crippen MR) is 138 cm³/mol. The van der Waals surface area contributed by atoms with Crippen molar-refractivity contribution in [2.75, 3.05) is 59.4 Å². The van der Waals surface area contributed by atoms with E-state index in [2.05, 4.69) is 45.3 Å². The van der Waals surface area contributed by atoms with Gasteiger partial charge in [-0.15, -0.1) is 24.0 Å². The zero-order valence-electron chi connectivity index (χ0n) is 19.7. The van der Waals surface area contributed by atoms with Crippen LogP contribution in [0, 0.1) is 0 Å². The van der Waals surface area contributed by atoms with Crippen LogP contribution in [-0.2, 0) is 7.05 Å². The number of hydrogen-bond donors (Lipinski definition) is 1. The van der Waals surface area contributed by atoms with Crippen molar-refractivity contribution in [3.63, 3.8) is 0 Å². The number of guanidine groups is 1. The molecule has 0 bridgehead atoms. The van der Waals surface area contributed by atoms with Crippen LogP contribution in [0.3, 0.4) is 0 Å². The highest BCUT2D eigenvalue weighted by molar-refractivity contribution is 14.0. The standard InChI is InChI=1S/C23H41N7.HI/c1-4-24-22(29-13-8-20(18-29)21-16-26-28(3)17-21)25-19-23(9-14-27(2)15-10-23)30-11-6-5-7-12-30;/h16-17,20H,4-15,18-19H2,1-3H3,(H,24,25);1H. The van der Waals surface area contributed by atoms with Crippen LogP contribution in [0.25, 0.3) is 0 Å². The monoisotopic (exact) mass is 543 g/mol. The average Bonchev–Trinajstić information content (AvgIpc) is 3.42. The lowest BCUT2D eigenvalue weighted by atomic mass is 9.84. The number of aryl methyl sites for hydroxylation is 1. The van der Waals surface area contributed by atoms with Crippen molar-refractivity contribution < 1.29 is 0 Å². The van der Waals surface area contributed by atoms with Gasteiger partial charge in [0.2, 0.25) is 0 Å². The summed E-state index contributed by atoms with van der Waals surface area (Å²) in [5.74, 6) is 1.67. The molecule has 0 aliphatic carbocycles. The Hall–Kier alpha value is -0.870. The molecular formula is C23H42IN7. The van der Waals surface area contributed by atoms with Crippen molar-refractivity contribution >= 4 is 29.9 Å². The minimum absolute atomic E-state index is 0. The van der Waals surface area contributed by atoms with Crippen molar-refractivity contribution in [3.05, 3.63) is 18.0 Å². The van der Waals surface area contributed by atoms with Crippen molar-refractivity contribution in [3.8, 4) is 0 Å². The SMILES string of the molecule is CCNC(=NCC1(N2CCCCC2)CCN(C)CC1)N1CCC(c2cnn(C)c2)C1.I. The highest BCUT2D eigenvalue weighted by Crippen LogP contribution is 2.32. The molecule has 7 nitrogen and oxygen atoms in total. The van der Waals surface area contributed by atoms with Gasteiger partial charge in [0.1, 0.15) is 0 Å². The number of hydrogen-bond acceptors (Lipinski definition) is 4. The number of aromatic nitrogens is 2. The zero-order valence-corrected chi connectivity index (χ0v) is 22.1. The highest BCUT2D eigenvalue weighted by Gasteiger charge is 2.40. The lowest BCUT2D eigenvalue weighted by Crippen LogP contribution is -2.58. The maximum Gasteiger partial charge on any atom is 0.194 e. The van der Waals surface area contributed by atoms with Crippen LogP contribution in [0.4, 0.5) is 0 Å². The van der Waals surface area contributed by atoms with E-state index < -0.39 is 0 Å². The van der Waals surface area contributed by atoms with Crippen LogP contribution in [0.5, 0.6) is 0 Å². The highest BCUT2D eigenvalue weighted by atomic mass is 127. The molecule has 1 N–H and O–H groups in total. The van der Waals surface area contributed by atoms with E-state index in [1.165, 1.54) is 70.3 Å². The molecule has 1 atom stereocenters. The van der Waals surface area contributed by atoms with E-state index in [-0.39, 0.29) is 29.5 Å². The molecule has 1 aromatic rings. The third kappa shape index (κ3) is 5.93. The molecule has 3 aliphatic rings. The predicted octanol–water partition coefficient (Wildman–Crippen LogP) is 2.74. The normalized spacial score (nSPS) is 25.5. The largest absolute Gasteiger partial charge is 0.357 e. The summed E-state index contributed by atoms with van der Waals surface area (Å²) >= 11 is 0. The van der Waals surface area contributed by atoms with E-state index in [9.17, 15) is 0 Å². The van der Waals surface area contributed by atoms with Gasteiger partial charge >= 0.3 is 0 Å². The Bertz CT molecular complexity index is 705. The van der Waals surface area contributed by atoms with E-state index in [4.69, 9.17) is 4.99 Å². The molecule has 4 heterocycles. The van der Waals surface area contributed by atoms with Gasteiger partial charge in [-0.3, -0.25) is 14.6 Å². The topological polar surface area (TPSA) is 51.9 Å². The molecule has 0 spiro atoms. The number of piperidine rings is 2. The minimum Gasteiger partial charge on any atom is -0.357 e. The number of nitrogens with zero attached hydrogens (tertiary/aromatic N) is 6. The first-order valence-electron chi connectivity index (χ1n) is 12.0. The molecule has 176 valence electrons. The van der Waals surface area contributed by atoms with Crippen LogP contribution in [0.15, 0.2) is 17.4 Å². The van der Waals surface area contributed by atoms with Crippen molar-refractivity contribution in [1.29, 1.82) is 0 Å². The second-order valence-corrected chi connectivity index (χ2v) is 9.62. The van der Waals surface area contributed by atoms with Gasteiger partial charge in [0.15, 0.2) is 5.96 Å². The Balaban J connectivity index is 0.00000272. The molecule has 0 saturated carbocycles. The third-order valence-corrected chi connectivity index (χ3v) is 7.49. The van der Waals surface area contributed by atoms with Crippen molar-refractivity contribution in [1.82, 2.24) is 29.8 Å². The second-order valence-electron chi connectivity index (χ2n) is 9.62. The maximum atomic E-state index is 5.28. The van der Waals surface area contributed by atoms with Crippen LogP contribution in [0.1, 0.15) is 56.9 Å². The second kappa shape index (κ2) is 11.3. The molecule has 0 radical (unpaired) electrons. The fraction of sp³-hybridized carbons (Fsp3) is 0.826. The molecule has 1 unspecified atom stereocenters. The summed E-state index contributed by atoms with van der Waals surface area (Å²) < 4.78 is 1.92. The molecule has 1 aromatic heterocycles. The summed E-state index contributed by atoms with van der Waals surface area (Å²) in [5.41, 5.74) is 1.60. The first-order valence-corrected chi connectivity index (χ1v) is 12.0. The fourth-order valence-corrected chi connectivity index (χ4v) is 5.50. The summed E-state index contributed by atoms with van der Waals surface area (Å²) in [5, 5.41) is 7.97. The molecule has 31 heavy (non-hydrogen) atoms. The number of nitrogens with one attached hydrogen (secondary N) is 1. The Labute approximate surface area is 205 Å². The Morgan fingerprint density at radius 3 is 2.52 bits per heavy atom. The van der Waals surface area contributed by atoms with Crippen LogP contribution >= 0.6 is 24.0 Å². The smallest absolute Gasteiger partial charge is 0.194 e. The molecule has 0 amide bonds. The Morgan fingerprint density at radius 2 is 1.87 bits per heavy atom. The van der Waals surface area contributed by atoms with Gasteiger partial charge in [0, 0.05) is 44.3 Å². The molecular weight excluding hydrogens is 501 g/mol. The van der Waals surface area contributed by atoms with Gasteiger partial charge in [-0.05, 0) is 77.8 Å². The lowest BCUT2D eigenvalue weighted by Gasteiger charge is -2.49. The van der Waals surface area contributed by atoms with Crippen molar-refractivity contribution in [2.24, 2.45) is 12.0 Å². The van der Waals surface area contributed by atoms with Crippen LogP contribution in [0.2, 0.25) is 0 Å². The van der Waals surface area contributed by atoms with Gasteiger partial charge < -0.3 is 15.1 Å². The summed E-state index contributed by atoms with van der Waals surface area (Å²) in [6, 6.07) is 0. The number of halogens is 1. The van der Waals surface area contributed by atoms with Gasteiger partial charge in [0.25, 0.3) is 0 Å². The zero-order chi connectivity index (χ0) is 21.0. The molecule has 3 saturated heterocycles. The Morgan fingerprint density at radius 1 is 1.13 bits per heavy atom. The van der Waals surface area contributed by atoms with Gasteiger partial charge in [-0.25, -0.2) is 0 Å². The van der Waals surface area contributed by atoms with E-state index in [1.807, 2.05) is 17.9 Å². The molecule has 8 heteroatoms. The first kappa shape index (κ1) is 24.8. The summed E-state index contributed by atoms with van der Waals surface area (Å²) in [7, 11) is 4.26. The lowest BCUT2D eigenvalue weighted by molar-refractivity contribution is 0.0207. The third-order valence-electron chi connectivity index (χ3n) is 7.49. The van der Waals surface area contributed by atoms with Crippen molar-refractivity contribution in [2.45, 2.75) is 56.9 Å². The van der Waals surface area contributed by atoms with E-state index in [0.717, 1.165) is 32.1 Å². The summed E-state index contributed by atoms with van der Waals surface area (Å²) in [6.07, 6.45) is 11.9. The minimum atomic E-state index is 0. The van der Waals surface area contributed by atoms with Crippen LogP contribution < -0.4 is 5.32 Å². The summed E-state index contributed by atoms with van der Waals surface area (Å²) in [4.78, 5) is 13.0. The Kier molecular flexibility index (Phi) is 9.04. The molecule has 3 aliphatic heterocycles. The van der Waals surface area contributed by atoms with E-state index >= 15 is 0 Å². The molecule has 0 aromatic carbocycles. The number of rotatable bonds is 5. The number of likely N-dealkylation sites (tertiary alicyclic amines) is 3. The van der Waals surface area contributed by atoms with Crippen LogP contribution in [-0.4, -0.2) is 95.4 Å². The van der Waals surface area contributed by atoms with Gasteiger partial charge in [-0.2, -0.15) is 5.10 Å². The number of aliphatic imine (C=N–C) groups is 1. The molecule has 3 fully saturated rings. The maximum absolute atomic E-state index is 5.28. The quantitative estimate of drug-likeness (QED) is 0.352. The van der Waals surface area contributed by atoms with E-state index in [0.29, 0.717) is 5.92 Å². The first-order chi connectivity index (χ1) is 14.6. The average molecular weight is 544 g/mol.